The fraction of sp³-hybridized carbons (Fsp3) is 0.0476. The summed E-state index contributed by atoms with van der Waals surface area (Å²) in [6.07, 6.45) is 0. The topological polar surface area (TPSA) is 33.3 Å². The summed E-state index contributed by atoms with van der Waals surface area (Å²) < 4.78 is 6.37. The number of anilines is 2. The van der Waals surface area contributed by atoms with E-state index in [1.807, 2.05) is 30.3 Å². The zero-order valence-corrected chi connectivity index (χ0v) is 24.8. The molecule has 8 aromatic carbocycles. The molecule has 0 saturated carbocycles. The monoisotopic (exact) mass is 580 g/mol. The summed E-state index contributed by atoms with van der Waals surface area (Å²) >= 11 is 0. The maximum atomic E-state index is 6.37. The van der Waals surface area contributed by atoms with Crippen LogP contribution in [-0.4, -0.2) is 0 Å². The molecule has 0 radical (unpaired) electrons. The summed E-state index contributed by atoms with van der Waals surface area (Å²) in [6, 6.07) is 55.6. The molecule has 0 aliphatic heterocycles. The van der Waals surface area contributed by atoms with Crippen molar-refractivity contribution in [3.05, 3.63) is 169 Å². The first-order valence-corrected chi connectivity index (χ1v) is 15.4. The van der Waals surface area contributed by atoms with Crippen LogP contribution in [0.5, 0.6) is 11.5 Å². The molecular weight excluding hydrogens is 548 g/mol. The maximum Gasteiger partial charge on any atom is 0.150 e. The minimum atomic E-state index is 0.697. The Balaban J connectivity index is 0.963. The second kappa shape index (κ2) is 11.7. The lowest BCUT2D eigenvalue weighted by Gasteiger charge is -2.15. The van der Waals surface area contributed by atoms with Gasteiger partial charge in [-0.2, -0.15) is 0 Å². The smallest absolute Gasteiger partial charge is 0.150 e. The van der Waals surface area contributed by atoms with E-state index in [0.717, 1.165) is 29.4 Å². The molecule has 0 spiro atoms. The fourth-order valence-electron chi connectivity index (χ4n) is 6.23. The van der Waals surface area contributed by atoms with Crippen LogP contribution in [0.25, 0.3) is 43.1 Å². The van der Waals surface area contributed by atoms with Gasteiger partial charge in [0.1, 0.15) is 5.75 Å². The van der Waals surface area contributed by atoms with E-state index in [-0.39, 0.29) is 0 Å². The number of fused-ring (bicyclic) bond motifs is 4. The molecular formula is C42H32N2O. The molecule has 0 heterocycles. The van der Waals surface area contributed by atoms with Gasteiger partial charge in [-0.25, -0.2) is 0 Å². The van der Waals surface area contributed by atoms with Crippen molar-refractivity contribution in [3.8, 4) is 11.5 Å². The van der Waals surface area contributed by atoms with Gasteiger partial charge in [0.15, 0.2) is 5.75 Å². The lowest BCUT2D eigenvalue weighted by molar-refractivity contribution is 0.484. The van der Waals surface area contributed by atoms with Crippen LogP contribution in [0.15, 0.2) is 158 Å². The molecule has 0 aliphatic rings. The zero-order chi connectivity index (χ0) is 30.0. The van der Waals surface area contributed by atoms with E-state index >= 15 is 0 Å². The van der Waals surface area contributed by atoms with Gasteiger partial charge < -0.3 is 15.4 Å². The van der Waals surface area contributed by atoms with E-state index in [0.29, 0.717) is 6.54 Å². The molecule has 216 valence electrons. The Hall–Kier alpha value is -5.80. The van der Waals surface area contributed by atoms with Crippen molar-refractivity contribution in [3.63, 3.8) is 0 Å². The maximum absolute atomic E-state index is 6.37. The third kappa shape index (κ3) is 5.52. The number of hydrogen-bond donors (Lipinski definition) is 2. The molecule has 0 fully saturated rings. The van der Waals surface area contributed by atoms with Gasteiger partial charge in [0, 0.05) is 18.8 Å². The second-order valence-electron chi connectivity index (χ2n) is 11.5. The average molecular weight is 581 g/mol. The van der Waals surface area contributed by atoms with Crippen molar-refractivity contribution in [2.75, 3.05) is 10.6 Å². The number of para-hydroxylation sites is 2. The summed E-state index contributed by atoms with van der Waals surface area (Å²) in [5.74, 6) is 1.59. The largest absolute Gasteiger partial charge is 0.455 e. The highest BCUT2D eigenvalue weighted by atomic mass is 16.5. The third-order valence-electron chi connectivity index (χ3n) is 8.60. The van der Waals surface area contributed by atoms with Gasteiger partial charge in [0.05, 0.1) is 5.69 Å². The van der Waals surface area contributed by atoms with Gasteiger partial charge in [0.2, 0.25) is 0 Å². The summed E-state index contributed by atoms with van der Waals surface area (Å²) in [5, 5.41) is 17.3. The predicted octanol–water partition coefficient (Wildman–Crippen LogP) is 11.3. The third-order valence-corrected chi connectivity index (χ3v) is 8.60. The van der Waals surface area contributed by atoms with Gasteiger partial charge in [-0.1, -0.05) is 97.1 Å². The lowest BCUT2D eigenvalue weighted by atomic mass is 9.99. The Labute approximate surface area is 262 Å². The van der Waals surface area contributed by atoms with Crippen molar-refractivity contribution < 1.29 is 4.74 Å². The Bertz CT molecular complexity index is 2310. The van der Waals surface area contributed by atoms with Crippen LogP contribution < -0.4 is 15.4 Å². The Morgan fingerprint density at radius 2 is 0.889 bits per heavy atom. The summed E-state index contributed by atoms with van der Waals surface area (Å²) in [4.78, 5) is 0. The first-order chi connectivity index (χ1) is 22.3. The van der Waals surface area contributed by atoms with Gasteiger partial charge in [-0.15, -0.1) is 0 Å². The molecule has 0 bridgehead atoms. The van der Waals surface area contributed by atoms with E-state index in [1.165, 1.54) is 54.2 Å². The van der Waals surface area contributed by atoms with Crippen LogP contribution in [0.2, 0.25) is 0 Å². The van der Waals surface area contributed by atoms with Crippen LogP contribution in [0.4, 0.5) is 11.4 Å². The normalized spacial score (nSPS) is 11.3. The van der Waals surface area contributed by atoms with Crippen molar-refractivity contribution in [1.82, 2.24) is 0 Å². The second-order valence-corrected chi connectivity index (χ2v) is 11.5. The average Bonchev–Trinajstić information content (AvgIpc) is 3.09. The van der Waals surface area contributed by atoms with Gasteiger partial charge in [-0.3, -0.25) is 0 Å². The molecule has 0 aliphatic carbocycles. The van der Waals surface area contributed by atoms with Crippen molar-refractivity contribution in [2.24, 2.45) is 0 Å². The SMILES string of the molecule is c1ccc(Oc2ccc(NCc3cccc4cc5ccccc5cc34)cc2)c(NCc2cccc3cc4ccccc4cc23)c1. The van der Waals surface area contributed by atoms with E-state index in [9.17, 15) is 0 Å². The molecule has 3 nitrogen and oxygen atoms in total. The first-order valence-electron chi connectivity index (χ1n) is 15.4. The lowest BCUT2D eigenvalue weighted by Crippen LogP contribution is -2.02. The van der Waals surface area contributed by atoms with Gasteiger partial charge in [-0.05, 0) is 115 Å². The quantitative estimate of drug-likeness (QED) is 0.175. The Morgan fingerprint density at radius 1 is 0.400 bits per heavy atom. The van der Waals surface area contributed by atoms with Crippen LogP contribution in [-0.2, 0) is 13.1 Å². The minimum Gasteiger partial charge on any atom is -0.455 e. The standard InChI is InChI=1S/C42H32N2O/c1-3-11-31-25-39-33(23-29(31)9-1)13-7-15-35(39)27-43-37-19-21-38(22-20-37)45-42-18-6-5-17-41(42)44-28-36-16-8-14-34-24-30-10-2-4-12-32(30)26-40(34)36/h1-26,43-44H,27-28H2. The van der Waals surface area contributed by atoms with Crippen molar-refractivity contribution in [2.45, 2.75) is 13.1 Å². The van der Waals surface area contributed by atoms with Crippen LogP contribution in [0.3, 0.4) is 0 Å². The Morgan fingerprint density at radius 3 is 1.49 bits per heavy atom. The summed E-state index contributed by atoms with van der Waals surface area (Å²) in [6.45, 7) is 1.44. The number of benzene rings is 8. The van der Waals surface area contributed by atoms with Crippen molar-refractivity contribution >= 4 is 54.5 Å². The van der Waals surface area contributed by atoms with Gasteiger partial charge >= 0.3 is 0 Å². The number of rotatable bonds is 8. The molecule has 0 aromatic heterocycles. The number of hydrogen-bond acceptors (Lipinski definition) is 3. The highest BCUT2D eigenvalue weighted by Crippen LogP contribution is 2.32. The van der Waals surface area contributed by atoms with Crippen LogP contribution in [0, 0.1) is 0 Å². The van der Waals surface area contributed by atoms with Gasteiger partial charge in [0.25, 0.3) is 0 Å². The first kappa shape index (κ1) is 26.8. The number of nitrogens with one attached hydrogen (secondary N) is 2. The molecule has 0 atom stereocenters. The predicted molar refractivity (Wildman–Crippen MR) is 191 cm³/mol. The highest BCUT2D eigenvalue weighted by Gasteiger charge is 2.08. The number of ether oxygens (including phenoxy) is 1. The van der Waals surface area contributed by atoms with E-state index in [1.54, 1.807) is 0 Å². The molecule has 8 rings (SSSR count). The molecule has 2 N–H and O–H groups in total. The molecule has 45 heavy (non-hydrogen) atoms. The zero-order valence-electron chi connectivity index (χ0n) is 24.8. The summed E-state index contributed by atoms with van der Waals surface area (Å²) in [5.41, 5.74) is 4.54. The van der Waals surface area contributed by atoms with Crippen molar-refractivity contribution in [1.29, 1.82) is 0 Å². The van der Waals surface area contributed by atoms with E-state index < -0.39 is 0 Å². The fourth-order valence-corrected chi connectivity index (χ4v) is 6.23. The van der Waals surface area contributed by atoms with E-state index in [2.05, 4.69) is 138 Å². The molecule has 3 heteroatoms. The summed E-state index contributed by atoms with van der Waals surface area (Å²) in [7, 11) is 0. The molecule has 0 amide bonds. The minimum absolute atomic E-state index is 0.697. The molecule has 8 aromatic rings. The van der Waals surface area contributed by atoms with E-state index in [4.69, 9.17) is 4.74 Å². The highest BCUT2D eigenvalue weighted by molar-refractivity contribution is 6.00. The van der Waals surface area contributed by atoms with Crippen LogP contribution in [0.1, 0.15) is 11.1 Å². The Kier molecular flexibility index (Phi) is 6.97. The van der Waals surface area contributed by atoms with Crippen LogP contribution >= 0.6 is 0 Å². The molecule has 0 saturated heterocycles. The molecule has 0 unspecified atom stereocenters.